The van der Waals surface area contributed by atoms with Crippen molar-refractivity contribution in [3.8, 4) is 6.07 Å². The van der Waals surface area contributed by atoms with E-state index in [0.717, 1.165) is 9.13 Å². The van der Waals surface area contributed by atoms with Crippen LogP contribution in [-0.2, 0) is 6.42 Å². The molecule has 0 N–H and O–H groups in total. The van der Waals surface area contributed by atoms with Gasteiger partial charge in [0.1, 0.15) is 0 Å². The van der Waals surface area contributed by atoms with Crippen molar-refractivity contribution in [2.45, 2.75) is 13.3 Å². The van der Waals surface area contributed by atoms with E-state index in [-0.39, 0.29) is 12.1 Å². The minimum absolute atomic E-state index is 0.0379. The summed E-state index contributed by atoms with van der Waals surface area (Å²) in [7, 11) is 0. The second kappa shape index (κ2) is 4.37. The smallest absolute Gasteiger partial charge is 0.258 e. The van der Waals surface area contributed by atoms with Crippen LogP contribution in [0.25, 0.3) is 0 Å². The summed E-state index contributed by atoms with van der Waals surface area (Å²) >= 11 is 2.01. The van der Waals surface area contributed by atoms with Gasteiger partial charge in [0.05, 0.1) is 23.0 Å². The number of aryl methyl sites for hydroxylation is 1. The van der Waals surface area contributed by atoms with Gasteiger partial charge in [0.15, 0.2) is 0 Å². The zero-order chi connectivity index (χ0) is 10.7. The van der Waals surface area contributed by atoms with E-state index in [1.807, 2.05) is 34.7 Å². The van der Waals surface area contributed by atoms with E-state index in [4.69, 9.17) is 5.26 Å². The molecule has 0 spiro atoms. The van der Waals surface area contributed by atoms with Crippen LogP contribution in [0.5, 0.6) is 0 Å². The van der Waals surface area contributed by atoms with Crippen molar-refractivity contribution < 1.29 is 4.92 Å². The largest absolute Gasteiger partial charge is 0.274 e. The molecule has 4 nitrogen and oxygen atoms in total. The van der Waals surface area contributed by atoms with Crippen molar-refractivity contribution in [1.82, 2.24) is 0 Å². The number of nitro benzene ring substituents is 1. The van der Waals surface area contributed by atoms with Crippen LogP contribution in [0.4, 0.5) is 5.69 Å². The molecule has 14 heavy (non-hydrogen) atoms. The molecule has 0 aliphatic heterocycles. The highest BCUT2D eigenvalue weighted by Gasteiger charge is 2.16. The third-order valence-electron chi connectivity index (χ3n) is 1.77. The third kappa shape index (κ3) is 2.20. The maximum Gasteiger partial charge on any atom is 0.274 e. The number of halogens is 1. The second-order valence-corrected chi connectivity index (χ2v) is 4.00. The van der Waals surface area contributed by atoms with Crippen LogP contribution in [0.2, 0.25) is 0 Å². The summed E-state index contributed by atoms with van der Waals surface area (Å²) in [5, 5.41) is 19.2. The van der Waals surface area contributed by atoms with Crippen LogP contribution < -0.4 is 0 Å². The number of rotatable bonds is 2. The van der Waals surface area contributed by atoms with Crippen molar-refractivity contribution in [1.29, 1.82) is 5.26 Å². The van der Waals surface area contributed by atoms with E-state index in [2.05, 4.69) is 0 Å². The second-order valence-electron chi connectivity index (χ2n) is 2.84. The Morgan fingerprint density at radius 3 is 2.79 bits per heavy atom. The lowest BCUT2D eigenvalue weighted by Gasteiger charge is -2.03. The molecule has 1 rings (SSSR count). The Kier molecular flexibility index (Phi) is 3.41. The zero-order valence-electron chi connectivity index (χ0n) is 7.45. The molecule has 0 aliphatic carbocycles. The Hall–Kier alpha value is -1.16. The monoisotopic (exact) mass is 302 g/mol. The Balaban J connectivity index is 3.38. The normalized spacial score (nSPS) is 9.50. The van der Waals surface area contributed by atoms with E-state index in [1.165, 1.54) is 6.07 Å². The lowest BCUT2D eigenvalue weighted by Crippen LogP contribution is -1.98. The molecule has 0 atom stereocenters. The molecule has 5 heteroatoms. The van der Waals surface area contributed by atoms with E-state index >= 15 is 0 Å². The Bertz CT molecular complexity index is 424. The first-order valence-corrected chi connectivity index (χ1v) is 4.94. The minimum atomic E-state index is -0.443. The fourth-order valence-corrected chi connectivity index (χ4v) is 2.13. The van der Waals surface area contributed by atoms with Gasteiger partial charge in [0.2, 0.25) is 0 Å². The lowest BCUT2D eigenvalue weighted by atomic mass is 10.1. The first kappa shape index (κ1) is 10.9. The molecular formula is C9H7IN2O2. The summed E-state index contributed by atoms with van der Waals surface area (Å²) < 4.78 is 0.774. The van der Waals surface area contributed by atoms with Crippen LogP contribution in [0.3, 0.4) is 0 Å². The molecule has 0 unspecified atom stereocenters. The molecule has 0 saturated heterocycles. The predicted octanol–water partition coefficient (Wildman–Crippen LogP) is 2.57. The maximum atomic E-state index is 10.7. The molecule has 0 amide bonds. The van der Waals surface area contributed by atoms with Gasteiger partial charge in [-0.1, -0.05) is 0 Å². The van der Waals surface area contributed by atoms with Gasteiger partial charge in [-0.2, -0.15) is 5.26 Å². The van der Waals surface area contributed by atoms with Gasteiger partial charge in [-0.3, -0.25) is 10.1 Å². The van der Waals surface area contributed by atoms with Crippen molar-refractivity contribution in [3.05, 3.63) is 36.9 Å². The molecular weight excluding hydrogens is 295 g/mol. The van der Waals surface area contributed by atoms with Gasteiger partial charge < -0.3 is 0 Å². The van der Waals surface area contributed by atoms with E-state index in [9.17, 15) is 10.1 Å². The molecule has 72 valence electrons. The minimum Gasteiger partial charge on any atom is -0.258 e. The Labute approximate surface area is 94.8 Å². The number of nitrogens with zero attached hydrogens (tertiary/aromatic N) is 2. The summed E-state index contributed by atoms with van der Waals surface area (Å²) in [6, 6.07) is 5.26. The number of benzene rings is 1. The van der Waals surface area contributed by atoms with Crippen molar-refractivity contribution in [2.24, 2.45) is 0 Å². The van der Waals surface area contributed by atoms with Gasteiger partial charge >= 0.3 is 0 Å². The predicted molar refractivity (Wildman–Crippen MR) is 59.9 cm³/mol. The first-order chi connectivity index (χ1) is 6.56. The summed E-state index contributed by atoms with van der Waals surface area (Å²) in [5.74, 6) is 0. The summed E-state index contributed by atoms with van der Waals surface area (Å²) in [6.45, 7) is 1.80. The molecule has 0 aromatic heterocycles. The third-order valence-corrected chi connectivity index (χ3v) is 2.73. The van der Waals surface area contributed by atoms with Crippen LogP contribution in [-0.4, -0.2) is 4.92 Å². The summed E-state index contributed by atoms with van der Waals surface area (Å²) in [5.41, 5.74) is 1.38. The first-order valence-electron chi connectivity index (χ1n) is 3.86. The van der Waals surface area contributed by atoms with Gasteiger partial charge in [-0.05, 0) is 41.1 Å². The fourth-order valence-electron chi connectivity index (χ4n) is 1.17. The van der Waals surface area contributed by atoms with Gasteiger partial charge in [0.25, 0.3) is 5.69 Å². The number of nitriles is 1. The highest BCUT2D eigenvalue weighted by Crippen LogP contribution is 2.26. The van der Waals surface area contributed by atoms with E-state index < -0.39 is 4.92 Å². The summed E-state index contributed by atoms with van der Waals surface area (Å²) in [4.78, 5) is 10.3. The van der Waals surface area contributed by atoms with Crippen molar-refractivity contribution >= 4 is 28.3 Å². The molecule has 0 aliphatic rings. The van der Waals surface area contributed by atoms with Crippen molar-refractivity contribution in [2.75, 3.05) is 0 Å². The number of nitro groups is 1. The van der Waals surface area contributed by atoms with Crippen LogP contribution in [0.1, 0.15) is 11.1 Å². The summed E-state index contributed by atoms with van der Waals surface area (Å²) in [6.07, 6.45) is 0.0782. The molecule has 0 bridgehead atoms. The zero-order valence-corrected chi connectivity index (χ0v) is 9.61. The van der Waals surface area contributed by atoms with Gasteiger partial charge in [-0.15, -0.1) is 0 Å². The average molecular weight is 302 g/mol. The number of hydrogen-bond acceptors (Lipinski definition) is 3. The molecule has 0 radical (unpaired) electrons. The number of hydrogen-bond donors (Lipinski definition) is 0. The molecule has 1 aromatic carbocycles. The SMILES string of the molecule is Cc1cc(I)c(CC#N)c([N+](=O)[O-])c1. The standard InChI is InChI=1S/C9H7IN2O2/c1-6-4-8(10)7(2-3-11)9(5-6)12(13)14/h4-5H,2H2,1H3. The average Bonchev–Trinajstić information content (AvgIpc) is 2.09. The topological polar surface area (TPSA) is 66.9 Å². The van der Waals surface area contributed by atoms with Gasteiger partial charge in [0, 0.05) is 9.64 Å². The fraction of sp³-hybridized carbons (Fsp3) is 0.222. The van der Waals surface area contributed by atoms with Crippen LogP contribution in [0.15, 0.2) is 12.1 Å². The van der Waals surface area contributed by atoms with Crippen molar-refractivity contribution in [3.63, 3.8) is 0 Å². The maximum absolute atomic E-state index is 10.7. The lowest BCUT2D eigenvalue weighted by molar-refractivity contribution is -0.385. The molecule has 0 fully saturated rings. The quantitative estimate of drug-likeness (QED) is 0.479. The van der Waals surface area contributed by atoms with Crippen LogP contribution in [0, 0.1) is 31.9 Å². The van der Waals surface area contributed by atoms with Gasteiger partial charge in [-0.25, -0.2) is 0 Å². The van der Waals surface area contributed by atoms with E-state index in [1.54, 1.807) is 6.92 Å². The van der Waals surface area contributed by atoms with Crippen LogP contribution >= 0.6 is 22.6 Å². The highest BCUT2D eigenvalue weighted by atomic mass is 127. The molecule has 1 aromatic rings. The molecule has 0 heterocycles. The Morgan fingerprint density at radius 2 is 2.29 bits per heavy atom. The highest BCUT2D eigenvalue weighted by molar-refractivity contribution is 14.1. The Morgan fingerprint density at radius 1 is 1.64 bits per heavy atom. The molecule has 0 saturated carbocycles. The van der Waals surface area contributed by atoms with E-state index in [0.29, 0.717) is 5.56 Å².